The lowest BCUT2D eigenvalue weighted by Crippen LogP contribution is -2.34. The Bertz CT molecular complexity index is 873. The molecule has 2 N–H and O–H groups in total. The molecule has 0 spiro atoms. The lowest BCUT2D eigenvalue weighted by atomic mass is 10.1. The van der Waals surface area contributed by atoms with Crippen molar-refractivity contribution in [1.82, 2.24) is 5.32 Å². The lowest BCUT2D eigenvalue weighted by Gasteiger charge is -2.12. The van der Waals surface area contributed by atoms with Crippen LogP contribution in [-0.2, 0) is 0 Å². The van der Waals surface area contributed by atoms with E-state index in [0.717, 1.165) is 14.8 Å². The first-order valence-electron chi connectivity index (χ1n) is 7.61. The van der Waals surface area contributed by atoms with E-state index < -0.39 is 10.8 Å². The highest BCUT2D eigenvalue weighted by atomic mass is 127. The minimum atomic E-state index is -0.590. The fourth-order valence-corrected chi connectivity index (χ4v) is 3.02. The molecule has 2 rings (SSSR count). The third-order valence-corrected chi connectivity index (χ3v) is 4.26. The maximum atomic E-state index is 12.3. The number of thiocarbonyl (C=S) groups is 1. The normalized spacial score (nSPS) is 10.1. The Labute approximate surface area is 169 Å². The Kier molecular flexibility index (Phi) is 6.86. The third kappa shape index (κ3) is 5.11. The molecular weight excluding hydrogens is 469 g/mol. The number of halogens is 1. The first kappa shape index (κ1) is 20.0. The van der Waals surface area contributed by atoms with Gasteiger partial charge >= 0.3 is 5.69 Å². The summed E-state index contributed by atoms with van der Waals surface area (Å²) in [4.78, 5) is 22.9. The van der Waals surface area contributed by atoms with Gasteiger partial charge in [-0.1, -0.05) is 0 Å². The molecule has 0 atom stereocenters. The van der Waals surface area contributed by atoms with Crippen LogP contribution in [0.1, 0.15) is 22.8 Å². The number of rotatable bonds is 5. The van der Waals surface area contributed by atoms with Crippen molar-refractivity contribution in [3.63, 3.8) is 0 Å². The van der Waals surface area contributed by atoms with Gasteiger partial charge in [0.25, 0.3) is 5.91 Å². The summed E-state index contributed by atoms with van der Waals surface area (Å²) in [5, 5.41) is 16.7. The fraction of sp³-hybridized carbons (Fsp3) is 0.176. The Hall–Kier alpha value is -2.27. The molecule has 2 aromatic rings. The van der Waals surface area contributed by atoms with Crippen LogP contribution in [0, 0.1) is 20.6 Å². The first-order chi connectivity index (χ1) is 12.3. The number of benzene rings is 2. The van der Waals surface area contributed by atoms with Crippen LogP contribution in [0.2, 0.25) is 0 Å². The summed E-state index contributed by atoms with van der Waals surface area (Å²) in [6, 6.07) is 9.76. The molecule has 0 saturated carbocycles. The van der Waals surface area contributed by atoms with E-state index in [-0.39, 0.29) is 28.7 Å². The van der Waals surface area contributed by atoms with E-state index in [1.807, 2.05) is 25.1 Å². The fourth-order valence-electron chi connectivity index (χ4n) is 2.18. The maximum Gasteiger partial charge on any atom is 0.311 e. The Balaban J connectivity index is 2.12. The number of hydrogen-bond acceptors (Lipinski definition) is 5. The molecule has 7 nitrogen and oxygen atoms in total. The smallest absolute Gasteiger partial charge is 0.311 e. The van der Waals surface area contributed by atoms with Crippen LogP contribution in [0.3, 0.4) is 0 Å². The molecule has 26 heavy (non-hydrogen) atoms. The van der Waals surface area contributed by atoms with Crippen LogP contribution in [0.4, 0.5) is 11.4 Å². The highest BCUT2D eigenvalue weighted by molar-refractivity contribution is 14.1. The van der Waals surface area contributed by atoms with Gasteiger partial charge in [-0.3, -0.25) is 20.2 Å². The van der Waals surface area contributed by atoms with Crippen molar-refractivity contribution < 1.29 is 14.5 Å². The number of nitrogens with one attached hydrogen (secondary N) is 2. The number of amides is 1. The van der Waals surface area contributed by atoms with Gasteiger partial charge < -0.3 is 10.1 Å². The second-order valence-electron chi connectivity index (χ2n) is 5.24. The number of anilines is 1. The highest BCUT2D eigenvalue weighted by Crippen LogP contribution is 2.28. The van der Waals surface area contributed by atoms with E-state index in [4.69, 9.17) is 17.0 Å². The molecule has 0 aliphatic rings. The number of hydrogen-bond donors (Lipinski definition) is 2. The molecular formula is C17H16IN3O4S. The van der Waals surface area contributed by atoms with Crippen molar-refractivity contribution in [3.8, 4) is 5.75 Å². The molecule has 136 valence electrons. The number of ether oxygens (including phenoxy) is 1. The summed E-state index contributed by atoms with van der Waals surface area (Å²) in [7, 11) is 0. The summed E-state index contributed by atoms with van der Waals surface area (Å²) in [5.41, 5.74) is 1.59. The van der Waals surface area contributed by atoms with Crippen molar-refractivity contribution in [2.75, 3.05) is 11.9 Å². The van der Waals surface area contributed by atoms with E-state index >= 15 is 0 Å². The molecule has 0 heterocycles. The molecule has 0 bridgehead atoms. The molecule has 0 aromatic heterocycles. The molecule has 1 amide bonds. The number of nitro benzene ring substituents is 1. The van der Waals surface area contributed by atoms with Crippen molar-refractivity contribution in [1.29, 1.82) is 0 Å². The van der Waals surface area contributed by atoms with Crippen LogP contribution in [0.5, 0.6) is 5.75 Å². The number of nitro groups is 1. The average molecular weight is 485 g/mol. The van der Waals surface area contributed by atoms with Gasteiger partial charge in [-0.2, -0.15) is 0 Å². The van der Waals surface area contributed by atoms with E-state index in [9.17, 15) is 14.9 Å². The molecule has 0 fully saturated rings. The molecule has 0 radical (unpaired) electrons. The summed E-state index contributed by atoms with van der Waals surface area (Å²) >= 11 is 7.36. The SMILES string of the molecule is CCOc1ccc(C(=O)NC(=S)Nc2ccc(I)cc2C)cc1[N+](=O)[O-]. The van der Waals surface area contributed by atoms with Gasteiger partial charge in [0.15, 0.2) is 10.9 Å². The van der Waals surface area contributed by atoms with Crippen molar-refractivity contribution in [2.24, 2.45) is 0 Å². The third-order valence-electron chi connectivity index (χ3n) is 3.38. The van der Waals surface area contributed by atoms with Crippen molar-refractivity contribution >= 4 is 57.2 Å². The summed E-state index contributed by atoms with van der Waals surface area (Å²) in [5.74, 6) is -0.430. The highest BCUT2D eigenvalue weighted by Gasteiger charge is 2.19. The predicted octanol–water partition coefficient (Wildman–Crippen LogP) is 4.03. The van der Waals surface area contributed by atoms with Gasteiger partial charge in [0, 0.05) is 20.9 Å². The van der Waals surface area contributed by atoms with Gasteiger partial charge in [-0.25, -0.2) is 0 Å². The number of aryl methyl sites for hydroxylation is 1. The van der Waals surface area contributed by atoms with Crippen LogP contribution in [0.25, 0.3) is 0 Å². The van der Waals surface area contributed by atoms with E-state index in [2.05, 4.69) is 33.2 Å². The Morgan fingerprint density at radius 2 is 2.04 bits per heavy atom. The Morgan fingerprint density at radius 3 is 2.65 bits per heavy atom. The molecule has 0 saturated heterocycles. The second kappa shape index (κ2) is 8.90. The van der Waals surface area contributed by atoms with Crippen LogP contribution >= 0.6 is 34.8 Å². The summed E-state index contributed by atoms with van der Waals surface area (Å²) in [6.45, 7) is 3.93. The molecule has 9 heteroatoms. The monoisotopic (exact) mass is 485 g/mol. The standard InChI is InChI=1S/C17H16IN3O4S/c1-3-25-15-7-4-11(9-14(15)21(23)24)16(22)20-17(26)19-13-6-5-12(18)8-10(13)2/h4-9H,3H2,1-2H3,(H2,19,20,22,26). The molecule has 0 unspecified atom stereocenters. The van der Waals surface area contributed by atoms with Gasteiger partial charge in [0.05, 0.1) is 11.5 Å². The van der Waals surface area contributed by atoms with Crippen LogP contribution in [0.15, 0.2) is 36.4 Å². The van der Waals surface area contributed by atoms with Crippen LogP contribution in [-0.4, -0.2) is 22.5 Å². The molecule has 0 aliphatic carbocycles. The zero-order valence-corrected chi connectivity index (χ0v) is 17.0. The zero-order valence-electron chi connectivity index (χ0n) is 14.0. The van der Waals surface area contributed by atoms with E-state index in [0.29, 0.717) is 0 Å². The predicted molar refractivity (Wildman–Crippen MR) is 112 cm³/mol. The number of nitrogens with zero attached hydrogens (tertiary/aromatic N) is 1. The van der Waals surface area contributed by atoms with E-state index in [1.54, 1.807) is 6.92 Å². The summed E-state index contributed by atoms with van der Waals surface area (Å²) < 4.78 is 6.29. The lowest BCUT2D eigenvalue weighted by molar-refractivity contribution is -0.385. The van der Waals surface area contributed by atoms with Crippen molar-refractivity contribution in [3.05, 3.63) is 61.2 Å². The Morgan fingerprint density at radius 1 is 1.31 bits per heavy atom. The number of carbonyl (C=O) groups is 1. The maximum absolute atomic E-state index is 12.3. The van der Waals surface area contributed by atoms with Gasteiger partial charge in [-0.05, 0) is 84.6 Å². The van der Waals surface area contributed by atoms with E-state index in [1.165, 1.54) is 18.2 Å². The molecule has 0 aliphatic heterocycles. The largest absolute Gasteiger partial charge is 0.487 e. The second-order valence-corrected chi connectivity index (χ2v) is 6.89. The topological polar surface area (TPSA) is 93.5 Å². The minimum Gasteiger partial charge on any atom is -0.487 e. The van der Waals surface area contributed by atoms with Crippen LogP contribution < -0.4 is 15.4 Å². The zero-order chi connectivity index (χ0) is 19.3. The van der Waals surface area contributed by atoms with Gasteiger partial charge in [-0.15, -0.1) is 0 Å². The quantitative estimate of drug-likeness (QED) is 0.288. The van der Waals surface area contributed by atoms with Gasteiger partial charge in [0.1, 0.15) is 0 Å². The average Bonchev–Trinajstić information content (AvgIpc) is 2.57. The summed E-state index contributed by atoms with van der Waals surface area (Å²) in [6.07, 6.45) is 0. The molecule has 2 aromatic carbocycles. The van der Waals surface area contributed by atoms with Gasteiger partial charge in [0.2, 0.25) is 0 Å². The minimum absolute atomic E-state index is 0.107. The number of carbonyl (C=O) groups excluding carboxylic acids is 1. The van der Waals surface area contributed by atoms with Crippen molar-refractivity contribution in [2.45, 2.75) is 13.8 Å². The first-order valence-corrected chi connectivity index (χ1v) is 9.10.